The summed E-state index contributed by atoms with van der Waals surface area (Å²) < 4.78 is 47.5. The Kier molecular flexibility index (Phi) is 4.41. The van der Waals surface area contributed by atoms with Crippen LogP contribution >= 0.6 is 0 Å². The van der Waals surface area contributed by atoms with E-state index in [0.29, 0.717) is 5.75 Å². The predicted octanol–water partition coefficient (Wildman–Crippen LogP) is 2.19. The molecule has 1 atom stereocenters. The molecule has 0 saturated heterocycles. The van der Waals surface area contributed by atoms with Crippen LogP contribution in [-0.4, -0.2) is 25.7 Å². The molecule has 1 rings (SSSR count). The highest BCUT2D eigenvalue weighted by atomic mass is 19.4. The minimum absolute atomic E-state index is 0.176. The molecule has 0 amide bonds. The average Bonchev–Trinajstić information content (AvgIpc) is 2.27. The first-order valence-electron chi connectivity index (χ1n) is 5.02. The van der Waals surface area contributed by atoms with Crippen molar-refractivity contribution in [2.75, 3.05) is 13.7 Å². The van der Waals surface area contributed by atoms with Crippen LogP contribution in [0.1, 0.15) is 0 Å². The molecular weight excluding hydrogens is 249 g/mol. The summed E-state index contributed by atoms with van der Waals surface area (Å²) in [6, 6.07) is 6.31. The van der Waals surface area contributed by atoms with Crippen LogP contribution in [-0.2, 0) is 0 Å². The van der Waals surface area contributed by atoms with Crippen molar-refractivity contribution in [3.8, 4) is 11.5 Å². The van der Waals surface area contributed by atoms with E-state index in [1.165, 1.54) is 13.2 Å². The summed E-state index contributed by atoms with van der Waals surface area (Å²) in [5, 5.41) is 6.92. The van der Waals surface area contributed by atoms with Crippen molar-refractivity contribution in [3.63, 3.8) is 0 Å². The van der Waals surface area contributed by atoms with E-state index in [9.17, 15) is 13.2 Å². The number of alkyl halides is 3. The molecule has 0 saturated carbocycles. The van der Waals surface area contributed by atoms with Crippen LogP contribution in [0.2, 0.25) is 0 Å². The van der Waals surface area contributed by atoms with Gasteiger partial charge in [0.1, 0.15) is 18.4 Å². The first-order valence-corrected chi connectivity index (χ1v) is 5.02. The molecule has 1 aromatic rings. The monoisotopic (exact) mass is 262 g/mol. The molecule has 7 heteroatoms. The van der Waals surface area contributed by atoms with Crippen molar-refractivity contribution >= 4 is 5.84 Å². The van der Waals surface area contributed by atoms with Gasteiger partial charge in [-0.15, -0.1) is 0 Å². The van der Waals surface area contributed by atoms with Gasteiger partial charge in [0.15, 0.2) is 11.5 Å². The van der Waals surface area contributed by atoms with Gasteiger partial charge in [-0.1, -0.05) is 12.1 Å². The lowest BCUT2D eigenvalue weighted by Crippen LogP contribution is -2.39. The third-order valence-electron chi connectivity index (χ3n) is 2.25. The molecule has 0 aliphatic rings. The smallest absolute Gasteiger partial charge is 0.401 e. The van der Waals surface area contributed by atoms with Crippen LogP contribution in [0.25, 0.3) is 0 Å². The van der Waals surface area contributed by atoms with Crippen LogP contribution < -0.4 is 15.2 Å². The number of nitrogens with one attached hydrogen (secondary N) is 1. The maximum atomic E-state index is 12.5. The predicted molar refractivity (Wildman–Crippen MR) is 59.9 cm³/mol. The van der Waals surface area contributed by atoms with Gasteiger partial charge in [0.05, 0.1) is 7.11 Å². The molecule has 0 bridgehead atoms. The van der Waals surface area contributed by atoms with Gasteiger partial charge < -0.3 is 15.2 Å². The molecule has 3 N–H and O–H groups in total. The van der Waals surface area contributed by atoms with Gasteiger partial charge in [-0.25, -0.2) is 0 Å². The summed E-state index contributed by atoms with van der Waals surface area (Å²) in [6.45, 7) is -0.751. The lowest BCUT2D eigenvalue weighted by molar-refractivity contribution is -0.162. The molecule has 0 aliphatic carbocycles. The number of hydrogen-bond acceptors (Lipinski definition) is 3. The summed E-state index contributed by atoms with van der Waals surface area (Å²) in [5.74, 6) is -2.60. The van der Waals surface area contributed by atoms with E-state index in [-0.39, 0.29) is 5.75 Å². The standard InChI is InChI=1S/C11H13F3N2O2/c1-17-8-4-2-3-5-9(8)18-6-7(10(15)16)11(12,13)14/h2-5,7H,6H2,1H3,(H3,15,16). The molecular formula is C11H13F3N2O2. The largest absolute Gasteiger partial charge is 0.493 e. The Balaban J connectivity index is 2.77. The SMILES string of the molecule is COc1ccccc1OCC(C(=N)N)C(F)(F)F. The highest BCUT2D eigenvalue weighted by molar-refractivity contribution is 5.80. The molecule has 100 valence electrons. The van der Waals surface area contributed by atoms with Crippen molar-refractivity contribution in [2.24, 2.45) is 11.7 Å². The second-order valence-corrected chi connectivity index (χ2v) is 3.51. The zero-order chi connectivity index (χ0) is 13.8. The Morgan fingerprint density at radius 1 is 1.33 bits per heavy atom. The third-order valence-corrected chi connectivity index (χ3v) is 2.25. The average molecular weight is 262 g/mol. The van der Waals surface area contributed by atoms with Crippen molar-refractivity contribution in [3.05, 3.63) is 24.3 Å². The third kappa shape index (κ3) is 3.54. The topological polar surface area (TPSA) is 68.3 Å². The number of para-hydroxylation sites is 2. The van der Waals surface area contributed by atoms with Gasteiger partial charge in [0.25, 0.3) is 0 Å². The minimum Gasteiger partial charge on any atom is -0.493 e. The van der Waals surface area contributed by atoms with Gasteiger partial charge in [0.2, 0.25) is 0 Å². The minimum atomic E-state index is -4.60. The van der Waals surface area contributed by atoms with Crippen molar-refractivity contribution in [2.45, 2.75) is 6.18 Å². The Labute approximate surface area is 102 Å². The number of halogens is 3. The highest BCUT2D eigenvalue weighted by Gasteiger charge is 2.42. The van der Waals surface area contributed by atoms with Crippen molar-refractivity contribution in [1.29, 1.82) is 5.41 Å². The van der Waals surface area contributed by atoms with E-state index in [2.05, 4.69) is 0 Å². The molecule has 4 nitrogen and oxygen atoms in total. The summed E-state index contributed by atoms with van der Waals surface area (Å²) in [6.07, 6.45) is -4.60. The Bertz CT molecular complexity index is 421. The number of ether oxygens (including phenoxy) is 2. The Morgan fingerprint density at radius 3 is 2.33 bits per heavy atom. The molecule has 18 heavy (non-hydrogen) atoms. The van der Waals surface area contributed by atoms with Crippen LogP contribution in [0.5, 0.6) is 11.5 Å². The van der Waals surface area contributed by atoms with E-state index in [4.69, 9.17) is 20.6 Å². The van der Waals surface area contributed by atoms with Crippen LogP contribution in [0.4, 0.5) is 13.2 Å². The van der Waals surface area contributed by atoms with E-state index in [0.717, 1.165) is 0 Å². The zero-order valence-corrected chi connectivity index (χ0v) is 9.62. The van der Waals surface area contributed by atoms with Gasteiger partial charge in [-0.3, -0.25) is 5.41 Å². The molecule has 1 aromatic carbocycles. The molecule has 0 heterocycles. The highest BCUT2D eigenvalue weighted by Crippen LogP contribution is 2.30. The number of nitrogens with two attached hydrogens (primary N) is 1. The van der Waals surface area contributed by atoms with E-state index in [1.54, 1.807) is 18.2 Å². The number of benzene rings is 1. The van der Waals surface area contributed by atoms with Gasteiger partial charge in [-0.05, 0) is 12.1 Å². The molecule has 0 radical (unpaired) electrons. The number of hydrogen-bond donors (Lipinski definition) is 2. The molecule has 0 fully saturated rings. The Hall–Kier alpha value is -1.92. The van der Waals surface area contributed by atoms with Crippen LogP contribution in [0, 0.1) is 11.3 Å². The molecule has 1 unspecified atom stereocenters. The van der Waals surface area contributed by atoms with Gasteiger partial charge in [-0.2, -0.15) is 13.2 Å². The van der Waals surface area contributed by atoms with Gasteiger partial charge >= 0.3 is 6.18 Å². The second-order valence-electron chi connectivity index (χ2n) is 3.51. The van der Waals surface area contributed by atoms with Crippen molar-refractivity contribution in [1.82, 2.24) is 0 Å². The second kappa shape index (κ2) is 5.61. The summed E-state index contributed by atoms with van der Waals surface area (Å²) in [5.41, 5.74) is 4.91. The summed E-state index contributed by atoms with van der Waals surface area (Å²) in [4.78, 5) is 0. The summed E-state index contributed by atoms with van der Waals surface area (Å²) >= 11 is 0. The normalized spacial score (nSPS) is 12.9. The summed E-state index contributed by atoms with van der Waals surface area (Å²) in [7, 11) is 1.38. The van der Waals surface area contributed by atoms with Crippen molar-refractivity contribution < 1.29 is 22.6 Å². The quantitative estimate of drug-likeness (QED) is 0.631. The lowest BCUT2D eigenvalue weighted by Gasteiger charge is -2.19. The zero-order valence-electron chi connectivity index (χ0n) is 9.62. The fourth-order valence-electron chi connectivity index (χ4n) is 1.27. The van der Waals surface area contributed by atoms with Gasteiger partial charge in [0, 0.05) is 0 Å². The molecule has 0 spiro atoms. The first-order chi connectivity index (χ1) is 8.36. The lowest BCUT2D eigenvalue weighted by atomic mass is 10.1. The fourth-order valence-corrected chi connectivity index (χ4v) is 1.27. The van der Waals surface area contributed by atoms with Crippen LogP contribution in [0.3, 0.4) is 0 Å². The Morgan fingerprint density at radius 2 is 1.89 bits per heavy atom. The van der Waals surface area contributed by atoms with E-state index in [1.807, 2.05) is 0 Å². The maximum Gasteiger partial charge on any atom is 0.401 e. The van der Waals surface area contributed by atoms with E-state index >= 15 is 0 Å². The first kappa shape index (κ1) is 14.1. The van der Waals surface area contributed by atoms with E-state index < -0.39 is 24.5 Å². The number of amidine groups is 1. The fraction of sp³-hybridized carbons (Fsp3) is 0.364. The molecule has 0 aromatic heterocycles. The number of methoxy groups -OCH3 is 1. The maximum absolute atomic E-state index is 12.5. The molecule has 0 aliphatic heterocycles. The van der Waals surface area contributed by atoms with Crippen LogP contribution in [0.15, 0.2) is 24.3 Å². The number of rotatable bonds is 5.